The van der Waals surface area contributed by atoms with Crippen LogP contribution in [0.2, 0.25) is 0 Å². The molecule has 0 N–H and O–H groups in total. The second-order valence-corrected chi connectivity index (χ2v) is 4.13. The molecule has 0 heterocycles. The first-order valence-corrected chi connectivity index (χ1v) is 6.69. The molecule has 0 aliphatic rings. The Kier molecular flexibility index (Phi) is 12.7. The molecule has 1 nitrogen and oxygen atoms in total. The van der Waals surface area contributed by atoms with Crippen LogP contribution >= 0.6 is 15.9 Å². The highest BCUT2D eigenvalue weighted by atomic mass is 79.9. The summed E-state index contributed by atoms with van der Waals surface area (Å²) in [4.78, 5) is 0. The Morgan fingerprint density at radius 2 is 1.86 bits per heavy atom. The van der Waals surface area contributed by atoms with E-state index in [1.54, 1.807) is 0 Å². The Hall–Kier alpha value is -0.160. The monoisotopic (exact) mass is 260 g/mol. The van der Waals surface area contributed by atoms with Crippen LogP contribution in [-0.2, 0) is 4.74 Å². The summed E-state index contributed by atoms with van der Waals surface area (Å²) < 4.78 is 5.19. The second-order valence-electron chi connectivity index (χ2n) is 3.33. The van der Waals surface area contributed by atoms with Crippen molar-refractivity contribution in [1.82, 2.24) is 0 Å². The van der Waals surface area contributed by atoms with Gasteiger partial charge < -0.3 is 4.74 Å². The van der Waals surface area contributed by atoms with Crippen LogP contribution in [0.3, 0.4) is 0 Å². The predicted molar refractivity (Wildman–Crippen MR) is 65.5 cm³/mol. The molecule has 0 unspecified atom stereocenters. The minimum atomic E-state index is 0.793. The zero-order chi connectivity index (χ0) is 10.5. The van der Waals surface area contributed by atoms with Crippen molar-refractivity contribution in [3.8, 4) is 12.0 Å². The molecule has 82 valence electrons. The minimum absolute atomic E-state index is 0.793. The van der Waals surface area contributed by atoms with E-state index in [2.05, 4.69) is 34.9 Å². The van der Waals surface area contributed by atoms with Crippen LogP contribution in [0.5, 0.6) is 0 Å². The molecular weight excluding hydrogens is 240 g/mol. The number of unbranched alkanes of at least 4 members (excludes halogenated alkanes) is 5. The summed E-state index contributed by atoms with van der Waals surface area (Å²) in [5.74, 6) is 3.01. The van der Waals surface area contributed by atoms with E-state index in [0.29, 0.717) is 0 Å². The molecule has 0 aliphatic carbocycles. The zero-order valence-corrected chi connectivity index (χ0v) is 10.7. The van der Waals surface area contributed by atoms with Gasteiger partial charge in [-0.2, -0.15) is 0 Å². The number of alkyl halides is 1. The predicted octanol–water partition coefficient (Wildman–Crippen LogP) is 4.11. The first-order valence-electron chi connectivity index (χ1n) is 5.57. The van der Waals surface area contributed by atoms with Gasteiger partial charge in [0.2, 0.25) is 0 Å². The summed E-state index contributed by atoms with van der Waals surface area (Å²) in [6, 6.07) is 0. The Bertz CT molecular complexity index is 157. The van der Waals surface area contributed by atoms with Gasteiger partial charge in [-0.3, -0.25) is 0 Å². The van der Waals surface area contributed by atoms with Gasteiger partial charge in [0.05, 0.1) is 0 Å². The van der Waals surface area contributed by atoms with E-state index in [0.717, 1.165) is 24.8 Å². The van der Waals surface area contributed by atoms with Gasteiger partial charge in [-0.15, -0.1) is 0 Å². The van der Waals surface area contributed by atoms with Gasteiger partial charge in [0, 0.05) is 11.8 Å². The quantitative estimate of drug-likeness (QED) is 0.363. The number of ether oxygens (including phenoxy) is 1. The Balaban J connectivity index is 2.99. The Morgan fingerprint density at radius 3 is 2.57 bits per heavy atom. The molecule has 0 atom stereocenters. The fourth-order valence-corrected chi connectivity index (χ4v) is 1.44. The Morgan fingerprint density at radius 1 is 1.07 bits per heavy atom. The molecule has 14 heavy (non-hydrogen) atoms. The van der Waals surface area contributed by atoms with Gasteiger partial charge in [-0.25, -0.2) is 0 Å². The lowest BCUT2D eigenvalue weighted by Gasteiger charge is -1.97. The zero-order valence-electron chi connectivity index (χ0n) is 9.15. The summed E-state index contributed by atoms with van der Waals surface area (Å²) in [5, 5.41) is 1.12. The van der Waals surface area contributed by atoms with Crippen molar-refractivity contribution in [2.75, 3.05) is 11.9 Å². The maximum absolute atomic E-state index is 5.19. The van der Waals surface area contributed by atoms with Crippen molar-refractivity contribution in [2.45, 2.75) is 51.9 Å². The first-order chi connectivity index (χ1) is 6.91. The van der Waals surface area contributed by atoms with Crippen LogP contribution in [0.4, 0.5) is 0 Å². The van der Waals surface area contributed by atoms with E-state index in [-0.39, 0.29) is 0 Å². The molecule has 0 fully saturated rings. The topological polar surface area (TPSA) is 9.23 Å². The minimum Gasteiger partial charge on any atom is -0.447 e. The molecule has 0 rings (SSSR count). The van der Waals surface area contributed by atoms with E-state index in [1.807, 2.05) is 0 Å². The summed E-state index contributed by atoms with van der Waals surface area (Å²) >= 11 is 3.41. The molecule has 0 bridgehead atoms. The smallest absolute Gasteiger partial charge is 0.110 e. The normalized spacial score (nSPS) is 9.29. The van der Waals surface area contributed by atoms with Gasteiger partial charge in [-0.1, -0.05) is 41.6 Å². The summed E-state index contributed by atoms with van der Waals surface area (Å²) in [6.45, 7) is 2.97. The van der Waals surface area contributed by atoms with Gasteiger partial charge >= 0.3 is 0 Å². The lowest BCUT2D eigenvalue weighted by atomic mass is 10.2. The molecule has 0 spiro atoms. The standard InChI is InChI=1S/C12H21BrO/c1-2-3-4-8-11-14-12-9-6-5-7-10-13/h2-7,9-10,12H2,1H3. The fraction of sp³-hybridized carbons (Fsp3) is 0.833. The maximum atomic E-state index is 5.19. The van der Waals surface area contributed by atoms with E-state index in [9.17, 15) is 0 Å². The summed E-state index contributed by atoms with van der Waals surface area (Å²) in [7, 11) is 0. The van der Waals surface area contributed by atoms with Crippen LogP contribution in [-0.4, -0.2) is 11.9 Å². The number of halogens is 1. The van der Waals surface area contributed by atoms with Crippen molar-refractivity contribution in [3.05, 3.63) is 0 Å². The van der Waals surface area contributed by atoms with Gasteiger partial charge in [0.1, 0.15) is 12.7 Å². The average Bonchev–Trinajstić information content (AvgIpc) is 2.21. The van der Waals surface area contributed by atoms with Crippen LogP contribution in [0.25, 0.3) is 0 Å². The molecule has 0 radical (unpaired) electrons. The van der Waals surface area contributed by atoms with Crippen molar-refractivity contribution in [3.63, 3.8) is 0 Å². The van der Waals surface area contributed by atoms with Gasteiger partial charge in [0.15, 0.2) is 0 Å². The number of rotatable bonds is 8. The third kappa shape index (κ3) is 11.8. The molecule has 0 saturated carbocycles. The highest BCUT2D eigenvalue weighted by Crippen LogP contribution is 2.01. The van der Waals surface area contributed by atoms with E-state index in [4.69, 9.17) is 4.74 Å². The highest BCUT2D eigenvalue weighted by Gasteiger charge is 1.88. The van der Waals surface area contributed by atoms with Crippen LogP contribution in [0, 0.1) is 12.0 Å². The SMILES string of the molecule is CCCCC#COCCCCCCBr. The van der Waals surface area contributed by atoms with Crippen molar-refractivity contribution in [1.29, 1.82) is 0 Å². The molecule has 0 saturated heterocycles. The van der Waals surface area contributed by atoms with Crippen LogP contribution in [0.1, 0.15) is 51.9 Å². The third-order valence-electron chi connectivity index (χ3n) is 1.93. The molecule has 0 aromatic carbocycles. The second kappa shape index (κ2) is 12.8. The fourth-order valence-electron chi connectivity index (χ4n) is 1.04. The van der Waals surface area contributed by atoms with Crippen LogP contribution < -0.4 is 0 Å². The highest BCUT2D eigenvalue weighted by molar-refractivity contribution is 9.09. The van der Waals surface area contributed by atoms with Crippen molar-refractivity contribution in [2.24, 2.45) is 0 Å². The van der Waals surface area contributed by atoms with Gasteiger partial charge in [0.25, 0.3) is 0 Å². The molecular formula is C12H21BrO. The lowest BCUT2D eigenvalue weighted by Crippen LogP contribution is -1.88. The van der Waals surface area contributed by atoms with Crippen LogP contribution in [0.15, 0.2) is 0 Å². The van der Waals surface area contributed by atoms with E-state index < -0.39 is 0 Å². The molecule has 0 amide bonds. The summed E-state index contributed by atoms with van der Waals surface area (Å²) in [5.41, 5.74) is 0. The van der Waals surface area contributed by atoms with Crippen molar-refractivity contribution >= 4 is 15.9 Å². The average molecular weight is 261 g/mol. The molecule has 2 heteroatoms. The number of hydrogen-bond acceptors (Lipinski definition) is 1. The summed E-state index contributed by atoms with van der Waals surface area (Å²) in [6.07, 6.45) is 11.1. The maximum Gasteiger partial charge on any atom is 0.110 e. The van der Waals surface area contributed by atoms with E-state index >= 15 is 0 Å². The van der Waals surface area contributed by atoms with Gasteiger partial charge in [-0.05, 0) is 25.7 Å². The third-order valence-corrected chi connectivity index (χ3v) is 2.49. The number of hydrogen-bond donors (Lipinski definition) is 0. The molecule has 0 aromatic rings. The molecule has 0 aromatic heterocycles. The largest absolute Gasteiger partial charge is 0.447 e. The lowest BCUT2D eigenvalue weighted by molar-refractivity contribution is 0.267. The van der Waals surface area contributed by atoms with E-state index in [1.165, 1.54) is 32.1 Å². The Labute approximate surface area is 96.7 Å². The first kappa shape index (κ1) is 13.8. The van der Waals surface area contributed by atoms with Crippen molar-refractivity contribution < 1.29 is 4.74 Å². The molecule has 0 aliphatic heterocycles.